The number of nitrogens with one attached hydrogen (secondary N) is 1. The van der Waals surface area contributed by atoms with Gasteiger partial charge in [-0.25, -0.2) is 4.98 Å². The Kier molecular flexibility index (Phi) is 9.81. The zero-order valence-corrected chi connectivity index (χ0v) is 24.2. The van der Waals surface area contributed by atoms with Gasteiger partial charge in [0, 0.05) is 44.2 Å². The number of halogens is 3. The summed E-state index contributed by atoms with van der Waals surface area (Å²) in [6.07, 6.45) is -4.49. The van der Waals surface area contributed by atoms with Crippen molar-refractivity contribution in [2.45, 2.75) is 57.5 Å². The number of thioether (sulfide) groups is 1. The molecule has 0 atom stereocenters. The SMILES string of the molecule is CC(C)c1cc(CO)cc(C(C)C)c1NC(=O)CN1CCN(CCSc2nc3cccc(C(F)(F)F)c3o2)CC1. The largest absolute Gasteiger partial charge is 0.431 e. The molecule has 40 heavy (non-hydrogen) atoms. The quantitative estimate of drug-likeness (QED) is 0.289. The average molecular weight is 579 g/mol. The van der Waals surface area contributed by atoms with Gasteiger partial charge in [0.2, 0.25) is 5.91 Å². The summed E-state index contributed by atoms with van der Waals surface area (Å²) in [7, 11) is 0. The summed E-state index contributed by atoms with van der Waals surface area (Å²) in [5.74, 6) is 0.970. The number of carbonyl (C=O) groups excluding carboxylic acids is 1. The first-order valence-corrected chi connectivity index (χ1v) is 14.6. The minimum absolute atomic E-state index is 0.0375. The van der Waals surface area contributed by atoms with Crippen LogP contribution in [0.15, 0.2) is 40.0 Å². The number of oxazole rings is 1. The molecule has 7 nitrogen and oxygen atoms in total. The number of hydrogen-bond donors (Lipinski definition) is 2. The second-order valence-electron chi connectivity index (χ2n) is 10.8. The molecule has 218 valence electrons. The fraction of sp³-hybridized carbons (Fsp3) is 0.517. The Balaban J connectivity index is 1.27. The highest BCUT2D eigenvalue weighted by atomic mass is 32.2. The Labute approximate surface area is 237 Å². The van der Waals surface area contributed by atoms with E-state index in [0.717, 1.165) is 61.2 Å². The number of para-hydroxylation sites is 1. The molecule has 3 aromatic rings. The van der Waals surface area contributed by atoms with Crippen molar-refractivity contribution in [3.8, 4) is 0 Å². The van der Waals surface area contributed by atoms with Gasteiger partial charge in [-0.05, 0) is 40.7 Å². The number of aliphatic hydroxyl groups excluding tert-OH is 1. The highest BCUT2D eigenvalue weighted by Crippen LogP contribution is 2.37. The fourth-order valence-electron chi connectivity index (χ4n) is 4.93. The van der Waals surface area contributed by atoms with Crippen LogP contribution in [0.25, 0.3) is 11.1 Å². The van der Waals surface area contributed by atoms with Crippen LogP contribution in [0.5, 0.6) is 0 Å². The van der Waals surface area contributed by atoms with Crippen LogP contribution < -0.4 is 5.32 Å². The molecule has 0 saturated carbocycles. The van der Waals surface area contributed by atoms with Crippen LogP contribution in [-0.2, 0) is 17.6 Å². The van der Waals surface area contributed by atoms with Gasteiger partial charge < -0.3 is 14.8 Å². The van der Waals surface area contributed by atoms with Crippen molar-refractivity contribution in [2.24, 2.45) is 0 Å². The maximum Gasteiger partial charge on any atom is 0.420 e. The van der Waals surface area contributed by atoms with E-state index in [1.165, 1.54) is 23.9 Å². The van der Waals surface area contributed by atoms with E-state index < -0.39 is 11.7 Å². The van der Waals surface area contributed by atoms with Crippen LogP contribution in [0.1, 0.15) is 61.8 Å². The van der Waals surface area contributed by atoms with Crippen molar-refractivity contribution < 1.29 is 27.5 Å². The minimum atomic E-state index is -4.49. The molecule has 2 aromatic carbocycles. The van der Waals surface area contributed by atoms with Crippen LogP contribution in [-0.4, -0.2) is 70.8 Å². The van der Waals surface area contributed by atoms with Crippen LogP contribution in [0.4, 0.5) is 18.9 Å². The number of nitrogens with zero attached hydrogens (tertiary/aromatic N) is 3. The number of aliphatic hydroxyl groups is 1. The van der Waals surface area contributed by atoms with Crippen molar-refractivity contribution in [1.82, 2.24) is 14.8 Å². The molecule has 1 aliphatic rings. The third-order valence-electron chi connectivity index (χ3n) is 7.12. The van der Waals surface area contributed by atoms with E-state index in [1.807, 2.05) is 12.1 Å². The van der Waals surface area contributed by atoms with Crippen LogP contribution in [0.3, 0.4) is 0 Å². The van der Waals surface area contributed by atoms with Gasteiger partial charge in [-0.2, -0.15) is 13.2 Å². The summed E-state index contributed by atoms with van der Waals surface area (Å²) < 4.78 is 45.1. The summed E-state index contributed by atoms with van der Waals surface area (Å²) in [5, 5.41) is 13.1. The maximum atomic E-state index is 13.2. The third-order valence-corrected chi connectivity index (χ3v) is 7.92. The molecular formula is C29H37F3N4O3S. The number of alkyl halides is 3. The first-order valence-electron chi connectivity index (χ1n) is 13.6. The Morgan fingerprint density at radius 3 is 2.27 bits per heavy atom. The summed E-state index contributed by atoms with van der Waals surface area (Å²) in [6.45, 7) is 12.4. The zero-order chi connectivity index (χ0) is 29.0. The second-order valence-corrected chi connectivity index (χ2v) is 11.8. The average Bonchev–Trinajstić information content (AvgIpc) is 3.31. The number of anilines is 1. The van der Waals surface area contributed by atoms with Crippen LogP contribution in [0, 0.1) is 0 Å². The molecule has 0 radical (unpaired) electrons. The van der Waals surface area contributed by atoms with Crippen LogP contribution in [0.2, 0.25) is 0 Å². The zero-order valence-electron chi connectivity index (χ0n) is 23.3. The maximum absolute atomic E-state index is 13.2. The van der Waals surface area contributed by atoms with Gasteiger partial charge in [0.1, 0.15) is 11.1 Å². The molecule has 1 amide bonds. The lowest BCUT2D eigenvalue weighted by atomic mass is 9.90. The highest BCUT2D eigenvalue weighted by molar-refractivity contribution is 7.99. The van der Waals surface area contributed by atoms with Gasteiger partial charge in [-0.1, -0.05) is 57.7 Å². The first-order chi connectivity index (χ1) is 19.0. The fourth-order valence-corrected chi connectivity index (χ4v) is 5.76. The predicted octanol–water partition coefficient (Wildman–Crippen LogP) is 5.93. The molecule has 0 aliphatic carbocycles. The molecule has 1 saturated heterocycles. The Hall–Kier alpha value is -2.60. The number of fused-ring (bicyclic) bond motifs is 1. The van der Waals surface area contributed by atoms with E-state index in [9.17, 15) is 23.1 Å². The van der Waals surface area contributed by atoms with Gasteiger partial charge >= 0.3 is 6.18 Å². The molecule has 1 aromatic heterocycles. The number of aromatic nitrogens is 1. The molecular weight excluding hydrogens is 541 g/mol. The summed E-state index contributed by atoms with van der Waals surface area (Å²) in [6, 6.07) is 7.80. The molecule has 1 aliphatic heterocycles. The number of piperazine rings is 1. The number of carbonyl (C=O) groups is 1. The Morgan fingerprint density at radius 1 is 1.07 bits per heavy atom. The van der Waals surface area contributed by atoms with Crippen molar-refractivity contribution >= 4 is 34.5 Å². The lowest BCUT2D eigenvalue weighted by molar-refractivity contribution is -0.136. The smallest absolute Gasteiger partial charge is 0.420 e. The van der Waals surface area contributed by atoms with Crippen molar-refractivity contribution in [1.29, 1.82) is 0 Å². The minimum Gasteiger partial charge on any atom is -0.431 e. The van der Waals surface area contributed by atoms with Gasteiger partial charge in [-0.3, -0.25) is 14.6 Å². The Bertz CT molecular complexity index is 1290. The third kappa shape index (κ3) is 7.37. The van der Waals surface area contributed by atoms with Gasteiger partial charge in [0.15, 0.2) is 5.58 Å². The van der Waals surface area contributed by atoms with E-state index in [2.05, 4.69) is 47.8 Å². The van der Waals surface area contributed by atoms with E-state index >= 15 is 0 Å². The number of hydrogen-bond acceptors (Lipinski definition) is 7. The molecule has 2 N–H and O–H groups in total. The molecule has 4 rings (SSSR count). The van der Waals surface area contributed by atoms with E-state index in [0.29, 0.717) is 12.3 Å². The van der Waals surface area contributed by atoms with E-state index in [-0.39, 0.29) is 40.7 Å². The predicted molar refractivity (Wildman–Crippen MR) is 152 cm³/mol. The molecule has 2 heterocycles. The summed E-state index contributed by atoms with van der Waals surface area (Å²) in [4.78, 5) is 21.7. The lowest BCUT2D eigenvalue weighted by Crippen LogP contribution is -2.49. The monoisotopic (exact) mass is 578 g/mol. The molecule has 1 fully saturated rings. The van der Waals surface area contributed by atoms with Gasteiger partial charge in [-0.15, -0.1) is 0 Å². The number of amides is 1. The van der Waals surface area contributed by atoms with Crippen molar-refractivity contribution in [2.75, 3.05) is 50.3 Å². The molecule has 11 heteroatoms. The number of rotatable bonds is 10. The summed E-state index contributed by atoms with van der Waals surface area (Å²) >= 11 is 1.30. The first kappa shape index (κ1) is 30.4. The van der Waals surface area contributed by atoms with Gasteiger partial charge in [0.05, 0.1) is 13.2 Å². The Morgan fingerprint density at radius 2 is 1.70 bits per heavy atom. The number of benzene rings is 2. The van der Waals surface area contributed by atoms with Crippen molar-refractivity contribution in [3.05, 3.63) is 52.6 Å². The normalized spacial score (nSPS) is 15.4. The lowest BCUT2D eigenvalue weighted by Gasteiger charge is -2.34. The van der Waals surface area contributed by atoms with Crippen LogP contribution >= 0.6 is 11.8 Å². The van der Waals surface area contributed by atoms with Gasteiger partial charge in [0.25, 0.3) is 5.22 Å². The molecule has 0 bridgehead atoms. The van der Waals surface area contributed by atoms with E-state index in [4.69, 9.17) is 4.42 Å². The summed E-state index contributed by atoms with van der Waals surface area (Å²) in [5.41, 5.74) is 2.92. The molecule has 0 unspecified atom stereocenters. The highest BCUT2D eigenvalue weighted by Gasteiger charge is 2.34. The molecule has 0 spiro atoms. The van der Waals surface area contributed by atoms with E-state index in [1.54, 1.807) is 0 Å². The topological polar surface area (TPSA) is 81.8 Å². The second kappa shape index (κ2) is 12.9. The van der Waals surface area contributed by atoms with Crippen molar-refractivity contribution in [3.63, 3.8) is 0 Å². The standard InChI is InChI=1S/C29H37F3N4O3S/c1-18(2)21-14-20(17-37)15-22(19(3)4)26(21)34-25(38)16-36-10-8-35(9-11-36)12-13-40-28-33-24-7-5-6-23(27(24)39-28)29(30,31)32/h5-7,14-15,18-19,37H,8-13,16-17H2,1-4H3,(H,34,38).